The van der Waals surface area contributed by atoms with Crippen molar-refractivity contribution in [3.63, 3.8) is 0 Å². The van der Waals surface area contributed by atoms with Crippen LogP contribution < -0.4 is 10.6 Å². The summed E-state index contributed by atoms with van der Waals surface area (Å²) in [6.07, 6.45) is 2.04. The van der Waals surface area contributed by atoms with Crippen LogP contribution in [-0.4, -0.2) is 48.7 Å². The average Bonchev–Trinajstić information content (AvgIpc) is 2.62. The molecule has 0 unspecified atom stereocenters. The van der Waals surface area contributed by atoms with Crippen LogP contribution in [0.3, 0.4) is 0 Å². The summed E-state index contributed by atoms with van der Waals surface area (Å²) >= 11 is 0. The van der Waals surface area contributed by atoms with E-state index in [0.29, 0.717) is 13.1 Å². The van der Waals surface area contributed by atoms with Gasteiger partial charge < -0.3 is 10.6 Å². The Morgan fingerprint density at radius 1 is 1.24 bits per heavy atom. The molecule has 0 aromatic heterocycles. The van der Waals surface area contributed by atoms with Gasteiger partial charge in [0.05, 0.1) is 0 Å². The Kier molecular flexibility index (Phi) is 5.12. The summed E-state index contributed by atoms with van der Waals surface area (Å²) < 4.78 is 0. The van der Waals surface area contributed by atoms with E-state index >= 15 is 0 Å². The van der Waals surface area contributed by atoms with Crippen molar-refractivity contribution in [3.8, 4) is 0 Å². The maximum atomic E-state index is 11.3. The molecule has 1 heterocycles. The molecule has 93 valence electrons. The minimum atomic E-state index is -0.259. The zero-order valence-electron chi connectivity index (χ0n) is 9.32. The largest absolute Gasteiger partial charge is 0.354 e. The van der Waals surface area contributed by atoms with Gasteiger partial charge in [-0.25, -0.2) is 0 Å². The molecule has 7 heteroatoms. The molecule has 2 N–H and O–H groups in total. The molecule has 7 nitrogen and oxygen atoms in total. The van der Waals surface area contributed by atoms with Crippen molar-refractivity contribution in [2.75, 3.05) is 19.6 Å². The van der Waals surface area contributed by atoms with Gasteiger partial charge >= 0.3 is 6.41 Å². The molecule has 4 amide bonds. The van der Waals surface area contributed by atoms with Crippen LogP contribution >= 0.6 is 0 Å². The highest BCUT2D eigenvalue weighted by molar-refractivity contribution is 6.02. The molecule has 1 radical (unpaired) electrons. The summed E-state index contributed by atoms with van der Waals surface area (Å²) in [4.78, 5) is 44.6. The SMILES string of the molecule is O=[C]NCCNC(=O)CCN1C(=O)CCC1=O. The van der Waals surface area contributed by atoms with Crippen molar-refractivity contribution >= 4 is 24.1 Å². The topological polar surface area (TPSA) is 95.6 Å². The Labute approximate surface area is 98.5 Å². The Morgan fingerprint density at radius 2 is 1.88 bits per heavy atom. The van der Waals surface area contributed by atoms with Gasteiger partial charge in [0.15, 0.2) is 0 Å². The van der Waals surface area contributed by atoms with Crippen molar-refractivity contribution < 1.29 is 19.2 Å². The zero-order valence-corrected chi connectivity index (χ0v) is 9.32. The lowest BCUT2D eigenvalue weighted by molar-refractivity contribution is -0.138. The lowest BCUT2D eigenvalue weighted by atomic mass is 10.3. The number of rotatable bonds is 7. The first kappa shape index (κ1) is 13.1. The van der Waals surface area contributed by atoms with Gasteiger partial charge in [-0.05, 0) is 0 Å². The van der Waals surface area contributed by atoms with Gasteiger partial charge in [0.25, 0.3) is 0 Å². The number of hydrogen-bond acceptors (Lipinski definition) is 4. The van der Waals surface area contributed by atoms with Gasteiger partial charge in [-0.2, -0.15) is 0 Å². The molecule has 1 fully saturated rings. The van der Waals surface area contributed by atoms with Crippen LogP contribution in [0.1, 0.15) is 19.3 Å². The number of nitrogens with one attached hydrogen (secondary N) is 2. The third-order valence-corrected chi connectivity index (χ3v) is 2.36. The normalized spacial score (nSPS) is 14.9. The van der Waals surface area contributed by atoms with E-state index in [1.54, 1.807) is 0 Å². The van der Waals surface area contributed by atoms with Gasteiger partial charge in [-0.1, -0.05) is 0 Å². The van der Waals surface area contributed by atoms with E-state index in [1.807, 2.05) is 0 Å². The number of carbonyl (C=O) groups is 3. The lowest BCUT2D eigenvalue weighted by Crippen LogP contribution is -2.36. The molecule has 17 heavy (non-hydrogen) atoms. The van der Waals surface area contributed by atoms with Crippen LogP contribution in [0.2, 0.25) is 0 Å². The molecule has 0 aromatic carbocycles. The summed E-state index contributed by atoms with van der Waals surface area (Å²) in [5.74, 6) is -0.703. The number of hydrogen-bond donors (Lipinski definition) is 2. The first-order chi connectivity index (χ1) is 8.15. The van der Waals surface area contributed by atoms with E-state index < -0.39 is 0 Å². The monoisotopic (exact) mass is 240 g/mol. The van der Waals surface area contributed by atoms with Crippen molar-refractivity contribution in [1.82, 2.24) is 15.5 Å². The van der Waals surface area contributed by atoms with E-state index in [2.05, 4.69) is 10.6 Å². The summed E-state index contributed by atoms with van der Waals surface area (Å²) in [7, 11) is 0. The van der Waals surface area contributed by atoms with Crippen molar-refractivity contribution in [2.45, 2.75) is 19.3 Å². The average molecular weight is 240 g/mol. The van der Waals surface area contributed by atoms with Crippen molar-refractivity contribution in [3.05, 3.63) is 0 Å². The highest BCUT2D eigenvalue weighted by Crippen LogP contribution is 2.11. The maximum absolute atomic E-state index is 11.3. The summed E-state index contributed by atoms with van der Waals surface area (Å²) in [5.41, 5.74) is 0. The van der Waals surface area contributed by atoms with Gasteiger partial charge in [0.2, 0.25) is 17.7 Å². The lowest BCUT2D eigenvalue weighted by Gasteiger charge is -2.13. The fourth-order valence-electron chi connectivity index (χ4n) is 1.49. The maximum Gasteiger partial charge on any atom is 0.309 e. The standard InChI is InChI=1S/C10H14N3O4/c14-7-11-4-5-12-8(15)3-6-13-9(16)1-2-10(13)17/h1-6H2,(H,11,14)(H,12,15). The molecular weight excluding hydrogens is 226 g/mol. The van der Waals surface area contributed by atoms with Crippen LogP contribution in [0.5, 0.6) is 0 Å². The molecule has 0 bridgehead atoms. The number of carbonyl (C=O) groups excluding carboxylic acids is 4. The van der Waals surface area contributed by atoms with Crippen LogP contribution in [0.15, 0.2) is 0 Å². The van der Waals surface area contributed by atoms with E-state index in [4.69, 9.17) is 0 Å². The van der Waals surface area contributed by atoms with Crippen LogP contribution in [0, 0.1) is 0 Å². The molecule has 1 saturated heterocycles. The number of imide groups is 1. The predicted octanol–water partition coefficient (Wildman–Crippen LogP) is -1.70. The molecule has 0 spiro atoms. The summed E-state index contributed by atoms with van der Waals surface area (Å²) in [5, 5.41) is 4.82. The minimum Gasteiger partial charge on any atom is -0.354 e. The second-order valence-corrected chi connectivity index (χ2v) is 3.57. The molecular formula is C10H14N3O4. The van der Waals surface area contributed by atoms with Gasteiger partial charge in [-0.3, -0.25) is 24.1 Å². The molecule has 0 atom stereocenters. The van der Waals surface area contributed by atoms with E-state index in [9.17, 15) is 19.2 Å². The Balaban J connectivity index is 2.17. The number of likely N-dealkylation sites (tertiary alicyclic amines) is 1. The second-order valence-electron chi connectivity index (χ2n) is 3.57. The number of amides is 4. The molecule has 1 aliphatic heterocycles. The van der Waals surface area contributed by atoms with Gasteiger partial charge in [-0.15, -0.1) is 0 Å². The molecule has 0 saturated carbocycles. The van der Waals surface area contributed by atoms with E-state index in [0.717, 1.165) is 4.90 Å². The highest BCUT2D eigenvalue weighted by Gasteiger charge is 2.28. The Hall–Kier alpha value is -1.92. The molecule has 1 rings (SSSR count). The van der Waals surface area contributed by atoms with Gasteiger partial charge in [0.1, 0.15) is 0 Å². The number of nitrogens with zero attached hydrogens (tertiary/aromatic N) is 1. The first-order valence-corrected chi connectivity index (χ1v) is 5.35. The van der Waals surface area contributed by atoms with Crippen LogP contribution in [0.4, 0.5) is 0 Å². The van der Waals surface area contributed by atoms with Crippen LogP contribution in [-0.2, 0) is 19.2 Å². The minimum absolute atomic E-state index is 0.0856. The first-order valence-electron chi connectivity index (χ1n) is 5.35. The van der Waals surface area contributed by atoms with Crippen molar-refractivity contribution in [2.24, 2.45) is 0 Å². The van der Waals surface area contributed by atoms with E-state index in [-0.39, 0.29) is 43.5 Å². The molecule has 0 aliphatic carbocycles. The highest BCUT2D eigenvalue weighted by atomic mass is 16.2. The molecule has 0 aromatic rings. The summed E-state index contributed by atoms with van der Waals surface area (Å²) in [6.45, 7) is 0.726. The zero-order chi connectivity index (χ0) is 12.7. The smallest absolute Gasteiger partial charge is 0.309 e. The third-order valence-electron chi connectivity index (χ3n) is 2.36. The third kappa shape index (κ3) is 4.21. The second kappa shape index (κ2) is 6.62. The Bertz CT molecular complexity index is 314. The van der Waals surface area contributed by atoms with Gasteiger partial charge in [0, 0.05) is 38.9 Å². The fraction of sp³-hybridized carbons (Fsp3) is 0.600. The quantitative estimate of drug-likeness (QED) is 0.315. The molecule has 1 aliphatic rings. The Morgan fingerprint density at radius 3 is 2.47 bits per heavy atom. The fourth-order valence-corrected chi connectivity index (χ4v) is 1.49. The van der Waals surface area contributed by atoms with Crippen LogP contribution in [0.25, 0.3) is 0 Å². The summed E-state index contributed by atoms with van der Waals surface area (Å²) in [6, 6.07) is 0. The van der Waals surface area contributed by atoms with E-state index in [1.165, 1.54) is 6.41 Å². The predicted molar refractivity (Wildman–Crippen MR) is 57.3 cm³/mol. The van der Waals surface area contributed by atoms with Crippen molar-refractivity contribution in [1.29, 1.82) is 0 Å².